The summed E-state index contributed by atoms with van der Waals surface area (Å²) in [4.78, 5) is 0. The summed E-state index contributed by atoms with van der Waals surface area (Å²) in [6.45, 7) is 0.255. The monoisotopic (exact) mass is 275 g/mol. The van der Waals surface area contributed by atoms with E-state index in [1.165, 1.54) is 12.1 Å². The molecule has 0 unspecified atom stereocenters. The van der Waals surface area contributed by atoms with Gasteiger partial charge in [0.2, 0.25) is 0 Å². The minimum atomic E-state index is -0.302. The first-order valence-corrected chi connectivity index (χ1v) is 6.23. The van der Waals surface area contributed by atoms with Crippen LogP contribution >= 0.6 is 11.6 Å². The van der Waals surface area contributed by atoms with E-state index >= 15 is 0 Å². The molecule has 0 amide bonds. The summed E-state index contributed by atoms with van der Waals surface area (Å²) in [5.74, 6) is 0.362. The summed E-state index contributed by atoms with van der Waals surface area (Å²) in [5, 5.41) is 1.56. The van der Waals surface area contributed by atoms with Crippen LogP contribution < -0.4 is 5.73 Å². The average molecular weight is 276 g/mol. The fraction of sp³-hybridized carbons (Fsp3) is 0.0667. The Labute approximate surface area is 114 Å². The number of fused-ring (bicyclic) bond motifs is 1. The predicted octanol–water partition coefficient (Wildman–Crippen LogP) is 4.35. The van der Waals surface area contributed by atoms with Gasteiger partial charge in [-0.05, 0) is 48.0 Å². The second-order valence-electron chi connectivity index (χ2n) is 4.30. The van der Waals surface area contributed by atoms with E-state index in [0.717, 1.165) is 16.5 Å². The fourth-order valence-electron chi connectivity index (χ4n) is 2.12. The third-order valence-corrected chi connectivity index (χ3v) is 3.27. The van der Waals surface area contributed by atoms with Crippen LogP contribution in [0.25, 0.3) is 22.3 Å². The summed E-state index contributed by atoms with van der Waals surface area (Å²) >= 11 is 5.94. The molecule has 0 aliphatic heterocycles. The minimum absolute atomic E-state index is 0.255. The molecule has 2 nitrogen and oxygen atoms in total. The quantitative estimate of drug-likeness (QED) is 0.755. The van der Waals surface area contributed by atoms with E-state index in [4.69, 9.17) is 21.8 Å². The first-order valence-electron chi connectivity index (χ1n) is 5.85. The first kappa shape index (κ1) is 12.2. The highest BCUT2D eigenvalue weighted by Crippen LogP contribution is 2.31. The Bertz CT molecular complexity index is 751. The second-order valence-corrected chi connectivity index (χ2v) is 4.73. The van der Waals surface area contributed by atoms with Crippen molar-refractivity contribution in [2.75, 3.05) is 0 Å². The van der Waals surface area contributed by atoms with E-state index in [1.807, 2.05) is 18.2 Å². The van der Waals surface area contributed by atoms with E-state index in [1.54, 1.807) is 12.1 Å². The van der Waals surface area contributed by atoms with Crippen LogP contribution in [0.4, 0.5) is 4.39 Å². The van der Waals surface area contributed by atoms with Crippen molar-refractivity contribution in [3.63, 3.8) is 0 Å². The van der Waals surface area contributed by atoms with Crippen LogP contribution in [-0.4, -0.2) is 0 Å². The summed E-state index contributed by atoms with van der Waals surface area (Å²) in [5.41, 5.74) is 7.90. The highest BCUT2D eigenvalue weighted by molar-refractivity contribution is 6.31. The molecule has 0 fully saturated rings. The molecule has 4 heteroatoms. The van der Waals surface area contributed by atoms with E-state index in [2.05, 4.69) is 0 Å². The summed E-state index contributed by atoms with van der Waals surface area (Å²) < 4.78 is 19.0. The van der Waals surface area contributed by atoms with Gasteiger partial charge in [0.05, 0.1) is 0 Å². The number of hydrogen-bond acceptors (Lipinski definition) is 2. The van der Waals surface area contributed by atoms with Crippen LogP contribution in [-0.2, 0) is 6.54 Å². The summed E-state index contributed by atoms with van der Waals surface area (Å²) in [6.07, 6.45) is 0. The van der Waals surface area contributed by atoms with Crippen molar-refractivity contribution >= 4 is 22.6 Å². The topological polar surface area (TPSA) is 39.2 Å². The summed E-state index contributed by atoms with van der Waals surface area (Å²) in [6, 6.07) is 11.8. The molecule has 0 saturated carbocycles. The molecular formula is C15H11ClFNO. The lowest BCUT2D eigenvalue weighted by Gasteiger charge is -2.04. The largest absolute Gasteiger partial charge is 0.456 e. The van der Waals surface area contributed by atoms with Gasteiger partial charge in [-0.3, -0.25) is 0 Å². The standard InChI is InChI=1S/C15H11ClFNO/c16-11-1-4-14-9(5-11)7-15(19-14)13-3-2-12(17)6-10(13)8-18/h1-7H,8,18H2. The van der Waals surface area contributed by atoms with Gasteiger partial charge in [-0.2, -0.15) is 0 Å². The third kappa shape index (κ3) is 2.23. The highest BCUT2D eigenvalue weighted by atomic mass is 35.5. The number of rotatable bonds is 2. The Balaban J connectivity index is 2.18. The normalized spacial score (nSPS) is 11.1. The number of benzene rings is 2. The van der Waals surface area contributed by atoms with Gasteiger partial charge >= 0.3 is 0 Å². The molecule has 19 heavy (non-hydrogen) atoms. The van der Waals surface area contributed by atoms with Gasteiger partial charge in [0.25, 0.3) is 0 Å². The first-order chi connectivity index (χ1) is 9.17. The molecule has 3 aromatic rings. The molecule has 1 heterocycles. The van der Waals surface area contributed by atoms with Crippen molar-refractivity contribution in [1.29, 1.82) is 0 Å². The van der Waals surface area contributed by atoms with E-state index in [-0.39, 0.29) is 12.4 Å². The van der Waals surface area contributed by atoms with Crippen LogP contribution in [0.1, 0.15) is 5.56 Å². The van der Waals surface area contributed by atoms with Crippen molar-refractivity contribution < 1.29 is 8.81 Å². The van der Waals surface area contributed by atoms with Gasteiger partial charge in [-0.1, -0.05) is 11.6 Å². The molecule has 0 aliphatic rings. The molecule has 0 atom stereocenters. The molecule has 2 aromatic carbocycles. The van der Waals surface area contributed by atoms with Gasteiger partial charge in [-0.25, -0.2) is 4.39 Å². The van der Waals surface area contributed by atoms with E-state index in [9.17, 15) is 4.39 Å². The van der Waals surface area contributed by atoms with Crippen molar-refractivity contribution in [3.05, 3.63) is 58.9 Å². The van der Waals surface area contributed by atoms with Crippen molar-refractivity contribution in [3.8, 4) is 11.3 Å². The zero-order chi connectivity index (χ0) is 13.4. The molecule has 0 radical (unpaired) electrons. The van der Waals surface area contributed by atoms with Gasteiger partial charge < -0.3 is 10.2 Å². The van der Waals surface area contributed by atoms with Gasteiger partial charge in [-0.15, -0.1) is 0 Å². The summed E-state index contributed by atoms with van der Waals surface area (Å²) in [7, 11) is 0. The molecule has 2 N–H and O–H groups in total. The Morgan fingerprint density at radius 3 is 2.74 bits per heavy atom. The van der Waals surface area contributed by atoms with E-state index in [0.29, 0.717) is 16.3 Å². The van der Waals surface area contributed by atoms with E-state index < -0.39 is 0 Å². The van der Waals surface area contributed by atoms with Crippen LogP contribution in [0.2, 0.25) is 5.02 Å². The van der Waals surface area contributed by atoms with Crippen LogP contribution in [0, 0.1) is 5.82 Å². The lowest BCUT2D eigenvalue weighted by atomic mass is 10.0. The zero-order valence-corrected chi connectivity index (χ0v) is 10.7. The van der Waals surface area contributed by atoms with Gasteiger partial charge in [0, 0.05) is 22.5 Å². The second kappa shape index (κ2) is 4.68. The Hall–Kier alpha value is -1.84. The number of halogens is 2. The third-order valence-electron chi connectivity index (χ3n) is 3.03. The van der Waals surface area contributed by atoms with Gasteiger partial charge in [0.1, 0.15) is 17.2 Å². The SMILES string of the molecule is NCc1cc(F)ccc1-c1cc2cc(Cl)ccc2o1. The van der Waals surface area contributed by atoms with Crippen molar-refractivity contribution in [1.82, 2.24) is 0 Å². The van der Waals surface area contributed by atoms with Crippen LogP contribution in [0.5, 0.6) is 0 Å². The van der Waals surface area contributed by atoms with Crippen LogP contribution in [0.15, 0.2) is 46.9 Å². The molecule has 0 aliphatic carbocycles. The number of hydrogen-bond donors (Lipinski definition) is 1. The maximum Gasteiger partial charge on any atom is 0.135 e. The lowest BCUT2D eigenvalue weighted by Crippen LogP contribution is -1.99. The average Bonchev–Trinajstić information content (AvgIpc) is 2.81. The van der Waals surface area contributed by atoms with Gasteiger partial charge in [0.15, 0.2) is 0 Å². The maximum atomic E-state index is 13.2. The Morgan fingerprint density at radius 1 is 1.11 bits per heavy atom. The highest BCUT2D eigenvalue weighted by Gasteiger charge is 2.11. The van der Waals surface area contributed by atoms with Crippen LogP contribution in [0.3, 0.4) is 0 Å². The molecule has 0 saturated heterocycles. The molecule has 0 spiro atoms. The predicted molar refractivity (Wildman–Crippen MR) is 74.5 cm³/mol. The maximum absolute atomic E-state index is 13.2. The zero-order valence-electron chi connectivity index (χ0n) is 9.99. The molecule has 1 aromatic heterocycles. The fourth-order valence-corrected chi connectivity index (χ4v) is 2.30. The minimum Gasteiger partial charge on any atom is -0.456 e. The smallest absolute Gasteiger partial charge is 0.135 e. The lowest BCUT2D eigenvalue weighted by molar-refractivity contribution is 0.620. The molecule has 3 rings (SSSR count). The Kier molecular flexibility index (Phi) is 3.01. The molecular weight excluding hydrogens is 265 g/mol. The number of nitrogens with two attached hydrogens (primary N) is 1. The Morgan fingerprint density at radius 2 is 1.95 bits per heavy atom. The van der Waals surface area contributed by atoms with Crippen molar-refractivity contribution in [2.45, 2.75) is 6.54 Å². The molecule has 96 valence electrons. The number of furan rings is 1. The van der Waals surface area contributed by atoms with Crippen molar-refractivity contribution in [2.24, 2.45) is 5.73 Å². The molecule has 0 bridgehead atoms.